The second-order valence-corrected chi connectivity index (χ2v) is 7.47. The van der Waals surface area contributed by atoms with Gasteiger partial charge in [-0.25, -0.2) is 4.79 Å². The highest BCUT2D eigenvalue weighted by Gasteiger charge is 2.28. The van der Waals surface area contributed by atoms with Crippen LogP contribution in [-0.4, -0.2) is 19.2 Å². The number of urea groups is 1. The van der Waals surface area contributed by atoms with Crippen molar-refractivity contribution in [2.45, 2.75) is 31.7 Å². The molecular weight excluding hydrogens is 336 g/mol. The lowest BCUT2D eigenvalue weighted by atomic mass is 9.97. The predicted molar refractivity (Wildman–Crippen MR) is 98.6 cm³/mol. The molecule has 6 heteroatoms. The van der Waals surface area contributed by atoms with Gasteiger partial charge in [-0.2, -0.15) is 0 Å². The molecule has 25 heavy (non-hydrogen) atoms. The Morgan fingerprint density at radius 2 is 1.92 bits per heavy atom. The second-order valence-electron chi connectivity index (χ2n) is 6.49. The molecule has 0 bridgehead atoms. The van der Waals surface area contributed by atoms with Crippen LogP contribution in [0.5, 0.6) is 11.5 Å². The summed E-state index contributed by atoms with van der Waals surface area (Å²) in [7, 11) is 0. The van der Waals surface area contributed by atoms with Gasteiger partial charge in [0, 0.05) is 16.6 Å². The molecule has 1 fully saturated rings. The van der Waals surface area contributed by atoms with Gasteiger partial charge in [-0.3, -0.25) is 0 Å². The van der Waals surface area contributed by atoms with E-state index in [0.717, 1.165) is 5.75 Å². The molecule has 2 N–H and O–H groups in total. The molecule has 2 aromatic rings. The molecule has 132 valence electrons. The fraction of sp³-hybridized carbons (Fsp3) is 0.421. The van der Waals surface area contributed by atoms with E-state index in [2.05, 4.69) is 22.1 Å². The van der Waals surface area contributed by atoms with Gasteiger partial charge in [-0.15, -0.1) is 11.3 Å². The monoisotopic (exact) mass is 358 g/mol. The van der Waals surface area contributed by atoms with Gasteiger partial charge in [0.1, 0.15) is 13.2 Å². The number of rotatable bonds is 4. The van der Waals surface area contributed by atoms with Crippen LogP contribution in [0.25, 0.3) is 0 Å². The van der Waals surface area contributed by atoms with Crippen LogP contribution in [0.1, 0.15) is 36.6 Å². The maximum absolute atomic E-state index is 12.6. The van der Waals surface area contributed by atoms with Crippen molar-refractivity contribution >= 4 is 23.1 Å². The van der Waals surface area contributed by atoms with Crippen LogP contribution in [0.2, 0.25) is 0 Å². The van der Waals surface area contributed by atoms with E-state index < -0.39 is 0 Å². The largest absolute Gasteiger partial charge is 0.486 e. The Balaban J connectivity index is 1.44. The van der Waals surface area contributed by atoms with E-state index in [1.165, 1.54) is 30.6 Å². The molecule has 0 radical (unpaired) electrons. The average molecular weight is 358 g/mol. The molecule has 5 nitrogen and oxygen atoms in total. The van der Waals surface area contributed by atoms with Crippen LogP contribution in [0.15, 0.2) is 35.7 Å². The number of benzene rings is 1. The number of hydrogen-bond acceptors (Lipinski definition) is 4. The van der Waals surface area contributed by atoms with E-state index in [1.54, 1.807) is 11.3 Å². The molecule has 1 saturated carbocycles. The summed E-state index contributed by atoms with van der Waals surface area (Å²) in [5.74, 6) is 1.92. The van der Waals surface area contributed by atoms with Gasteiger partial charge in [-0.05, 0) is 42.3 Å². The highest BCUT2D eigenvalue weighted by Crippen LogP contribution is 2.37. The first-order valence-corrected chi connectivity index (χ1v) is 9.68. The fourth-order valence-electron chi connectivity index (χ4n) is 3.61. The zero-order chi connectivity index (χ0) is 17.1. The van der Waals surface area contributed by atoms with Crippen LogP contribution < -0.4 is 20.1 Å². The van der Waals surface area contributed by atoms with Crippen molar-refractivity contribution in [3.63, 3.8) is 0 Å². The van der Waals surface area contributed by atoms with Gasteiger partial charge in [-0.1, -0.05) is 18.9 Å². The number of carbonyl (C=O) groups excluding carboxylic acids is 1. The molecule has 4 rings (SSSR count). The zero-order valence-electron chi connectivity index (χ0n) is 14.0. The number of ether oxygens (including phenoxy) is 2. The van der Waals surface area contributed by atoms with Crippen LogP contribution in [-0.2, 0) is 0 Å². The fourth-order valence-corrected chi connectivity index (χ4v) is 4.48. The minimum absolute atomic E-state index is 0.0831. The highest BCUT2D eigenvalue weighted by atomic mass is 32.1. The number of hydrogen-bond donors (Lipinski definition) is 2. The van der Waals surface area contributed by atoms with Crippen LogP contribution >= 0.6 is 11.3 Å². The minimum Gasteiger partial charge on any atom is -0.486 e. The Morgan fingerprint density at radius 1 is 1.12 bits per heavy atom. The Bertz CT molecular complexity index is 726. The molecule has 2 amide bonds. The first kappa shape index (κ1) is 16.3. The van der Waals surface area contributed by atoms with Gasteiger partial charge in [0.15, 0.2) is 11.5 Å². The highest BCUT2D eigenvalue weighted by molar-refractivity contribution is 7.10. The number of amides is 2. The van der Waals surface area contributed by atoms with Crippen molar-refractivity contribution in [1.29, 1.82) is 0 Å². The molecule has 1 aromatic heterocycles. The molecule has 1 atom stereocenters. The normalized spacial score (nSPS) is 17.9. The van der Waals surface area contributed by atoms with E-state index in [0.29, 0.717) is 30.6 Å². The number of nitrogens with one attached hydrogen (secondary N) is 2. The third-order valence-electron chi connectivity index (χ3n) is 4.81. The summed E-state index contributed by atoms with van der Waals surface area (Å²) in [6, 6.07) is 9.53. The van der Waals surface area contributed by atoms with E-state index >= 15 is 0 Å². The van der Waals surface area contributed by atoms with Gasteiger partial charge < -0.3 is 20.1 Å². The summed E-state index contributed by atoms with van der Waals surface area (Å²) >= 11 is 1.71. The maximum Gasteiger partial charge on any atom is 0.319 e. The summed E-state index contributed by atoms with van der Waals surface area (Å²) in [5.41, 5.74) is 0.707. The van der Waals surface area contributed by atoms with Gasteiger partial charge >= 0.3 is 6.03 Å². The van der Waals surface area contributed by atoms with Crippen molar-refractivity contribution in [3.8, 4) is 11.5 Å². The topological polar surface area (TPSA) is 59.6 Å². The van der Waals surface area contributed by atoms with Crippen molar-refractivity contribution in [2.24, 2.45) is 5.92 Å². The van der Waals surface area contributed by atoms with Crippen molar-refractivity contribution < 1.29 is 14.3 Å². The first-order valence-electron chi connectivity index (χ1n) is 8.80. The quantitative estimate of drug-likeness (QED) is 0.841. The summed E-state index contributed by atoms with van der Waals surface area (Å²) in [6.45, 7) is 1.09. The third kappa shape index (κ3) is 3.74. The number of carbonyl (C=O) groups is 1. The Kier molecular flexibility index (Phi) is 4.78. The molecular formula is C19H22N2O3S. The first-order chi connectivity index (χ1) is 12.3. The molecule has 1 unspecified atom stereocenters. The summed E-state index contributed by atoms with van der Waals surface area (Å²) < 4.78 is 11.1. The SMILES string of the molecule is O=C(Nc1ccc2c(c1)OCCO2)NC(c1cccs1)C1CCCC1. The lowest BCUT2D eigenvalue weighted by Crippen LogP contribution is -2.35. The van der Waals surface area contributed by atoms with Crippen molar-refractivity contribution in [3.05, 3.63) is 40.6 Å². The summed E-state index contributed by atoms with van der Waals surface area (Å²) in [5, 5.41) is 8.17. The second kappa shape index (κ2) is 7.35. The van der Waals surface area contributed by atoms with Crippen LogP contribution in [0.4, 0.5) is 10.5 Å². The van der Waals surface area contributed by atoms with Crippen LogP contribution in [0.3, 0.4) is 0 Å². The third-order valence-corrected chi connectivity index (χ3v) is 5.76. The Labute approximate surface area is 151 Å². The molecule has 0 saturated heterocycles. The number of fused-ring (bicyclic) bond motifs is 1. The molecule has 0 spiro atoms. The van der Waals surface area contributed by atoms with E-state index in [4.69, 9.17) is 9.47 Å². The van der Waals surface area contributed by atoms with Crippen molar-refractivity contribution in [1.82, 2.24) is 5.32 Å². The maximum atomic E-state index is 12.6. The molecule has 1 aliphatic heterocycles. The standard InChI is InChI=1S/C19H22N2O3S/c22-19(20-14-7-8-15-16(12-14)24-10-9-23-15)21-18(13-4-1-2-5-13)17-6-3-11-25-17/h3,6-8,11-13,18H,1-2,4-5,9-10H2,(H2,20,21,22). The van der Waals surface area contributed by atoms with Gasteiger partial charge in [0.2, 0.25) is 0 Å². The summed E-state index contributed by atoms with van der Waals surface area (Å²) in [4.78, 5) is 13.8. The van der Waals surface area contributed by atoms with E-state index in [1.807, 2.05) is 24.3 Å². The van der Waals surface area contributed by atoms with E-state index in [9.17, 15) is 4.79 Å². The lowest BCUT2D eigenvalue weighted by Gasteiger charge is -2.24. The molecule has 1 aliphatic carbocycles. The molecule has 2 aliphatic rings. The zero-order valence-corrected chi connectivity index (χ0v) is 14.8. The van der Waals surface area contributed by atoms with Crippen LogP contribution in [0, 0.1) is 5.92 Å². The average Bonchev–Trinajstić information content (AvgIpc) is 3.33. The summed E-state index contributed by atoms with van der Waals surface area (Å²) in [6.07, 6.45) is 4.84. The number of anilines is 1. The van der Waals surface area contributed by atoms with Gasteiger partial charge in [0.25, 0.3) is 0 Å². The lowest BCUT2D eigenvalue weighted by molar-refractivity contribution is 0.171. The van der Waals surface area contributed by atoms with Crippen molar-refractivity contribution in [2.75, 3.05) is 18.5 Å². The Hall–Kier alpha value is -2.21. The van der Waals surface area contributed by atoms with Gasteiger partial charge in [0.05, 0.1) is 6.04 Å². The predicted octanol–water partition coefficient (Wildman–Crippen LogP) is 4.57. The Morgan fingerprint density at radius 3 is 2.68 bits per heavy atom. The van der Waals surface area contributed by atoms with E-state index in [-0.39, 0.29) is 12.1 Å². The molecule has 1 aromatic carbocycles. The number of thiophene rings is 1. The minimum atomic E-state index is -0.179. The molecule has 2 heterocycles. The smallest absolute Gasteiger partial charge is 0.319 e.